The van der Waals surface area contributed by atoms with Crippen LogP contribution in [0.25, 0.3) is 33.7 Å². The molecule has 0 fully saturated rings. The molecule has 1 heterocycles. The molecule has 0 amide bonds. The lowest BCUT2D eigenvalue weighted by Gasteiger charge is -2.04. The van der Waals surface area contributed by atoms with E-state index in [4.69, 9.17) is 9.52 Å². The summed E-state index contributed by atoms with van der Waals surface area (Å²) in [5, 5.41) is 12.0. The molecular formula is C22H19FN2O2. The number of aliphatic hydroxyl groups is 1. The first-order chi connectivity index (χ1) is 13.2. The molecule has 4 aromatic rings. The summed E-state index contributed by atoms with van der Waals surface area (Å²) in [6.07, 6.45) is 0. The topological polar surface area (TPSA) is 58.3 Å². The zero-order chi connectivity index (χ0) is 18.6. The van der Waals surface area contributed by atoms with Crippen molar-refractivity contribution in [3.8, 4) is 22.6 Å². The molecule has 27 heavy (non-hydrogen) atoms. The maximum Gasteiger partial charge on any atom is 0.227 e. The molecule has 4 rings (SSSR count). The maximum absolute atomic E-state index is 13.5. The van der Waals surface area contributed by atoms with Crippen molar-refractivity contribution in [3.63, 3.8) is 0 Å². The van der Waals surface area contributed by atoms with E-state index in [1.165, 1.54) is 12.1 Å². The summed E-state index contributed by atoms with van der Waals surface area (Å²) in [6, 6.07) is 20.1. The predicted octanol–water partition coefficient (Wildman–Crippen LogP) is 4.38. The van der Waals surface area contributed by atoms with Gasteiger partial charge < -0.3 is 14.8 Å². The molecule has 1 aromatic heterocycles. The van der Waals surface area contributed by atoms with Crippen LogP contribution in [0.15, 0.2) is 71.1 Å². The van der Waals surface area contributed by atoms with Gasteiger partial charge in [-0.15, -0.1) is 0 Å². The van der Waals surface area contributed by atoms with Gasteiger partial charge >= 0.3 is 0 Å². The molecule has 0 saturated carbocycles. The molecule has 0 saturated heterocycles. The van der Waals surface area contributed by atoms with Crippen molar-refractivity contribution in [1.29, 1.82) is 0 Å². The van der Waals surface area contributed by atoms with Gasteiger partial charge in [0, 0.05) is 18.7 Å². The SMILES string of the molecule is OCCNCc1cccc(-c2nc3ccc(-c4cccc(F)c4)cc3o2)c1. The number of fused-ring (bicyclic) bond motifs is 1. The number of hydrogen-bond acceptors (Lipinski definition) is 4. The summed E-state index contributed by atoms with van der Waals surface area (Å²) in [5.74, 6) is 0.280. The van der Waals surface area contributed by atoms with Crippen LogP contribution >= 0.6 is 0 Å². The average Bonchev–Trinajstić information content (AvgIpc) is 3.12. The van der Waals surface area contributed by atoms with Gasteiger partial charge in [0.25, 0.3) is 0 Å². The number of aliphatic hydroxyl groups excluding tert-OH is 1. The Hall–Kier alpha value is -3.02. The summed E-state index contributed by atoms with van der Waals surface area (Å²) in [5.41, 5.74) is 5.08. The van der Waals surface area contributed by atoms with Crippen LogP contribution in [0.4, 0.5) is 4.39 Å². The van der Waals surface area contributed by atoms with E-state index in [-0.39, 0.29) is 12.4 Å². The monoisotopic (exact) mass is 362 g/mol. The van der Waals surface area contributed by atoms with Crippen molar-refractivity contribution in [3.05, 3.63) is 78.1 Å². The Labute approximate surface area is 156 Å². The Bertz CT molecular complexity index is 1070. The van der Waals surface area contributed by atoms with E-state index in [1.54, 1.807) is 6.07 Å². The van der Waals surface area contributed by atoms with Gasteiger partial charge in [0.2, 0.25) is 5.89 Å². The third kappa shape index (κ3) is 3.89. The molecule has 0 atom stereocenters. The number of rotatable bonds is 6. The molecule has 2 N–H and O–H groups in total. The number of oxazole rings is 1. The quantitative estimate of drug-likeness (QED) is 0.500. The molecule has 3 aromatic carbocycles. The summed E-state index contributed by atoms with van der Waals surface area (Å²) < 4.78 is 19.4. The number of hydrogen-bond donors (Lipinski definition) is 2. The molecule has 136 valence electrons. The molecule has 4 nitrogen and oxygen atoms in total. The standard InChI is InChI=1S/C22H19FN2O2/c23-19-6-2-4-16(12-19)17-7-8-20-21(13-17)27-22(25-20)18-5-1-3-15(11-18)14-24-9-10-26/h1-8,11-13,24,26H,9-10,14H2. The molecule has 0 aliphatic carbocycles. The Balaban J connectivity index is 1.65. The van der Waals surface area contributed by atoms with Crippen molar-refractivity contribution in [2.24, 2.45) is 0 Å². The number of nitrogens with zero attached hydrogens (tertiary/aromatic N) is 1. The number of benzene rings is 3. The lowest BCUT2D eigenvalue weighted by atomic mass is 10.1. The number of halogens is 1. The fourth-order valence-corrected chi connectivity index (χ4v) is 3.02. The van der Waals surface area contributed by atoms with E-state index in [9.17, 15) is 4.39 Å². The second kappa shape index (κ2) is 7.70. The van der Waals surface area contributed by atoms with E-state index in [2.05, 4.69) is 10.3 Å². The average molecular weight is 362 g/mol. The fraction of sp³-hybridized carbons (Fsp3) is 0.136. The van der Waals surface area contributed by atoms with Gasteiger partial charge in [-0.1, -0.05) is 30.3 Å². The first-order valence-electron chi connectivity index (χ1n) is 8.80. The summed E-state index contributed by atoms with van der Waals surface area (Å²) in [7, 11) is 0. The van der Waals surface area contributed by atoms with Crippen LogP contribution < -0.4 is 5.32 Å². The molecule has 0 aliphatic rings. The van der Waals surface area contributed by atoms with Gasteiger partial charge in [-0.2, -0.15) is 0 Å². The molecular weight excluding hydrogens is 343 g/mol. The highest BCUT2D eigenvalue weighted by atomic mass is 19.1. The molecule has 0 unspecified atom stereocenters. The maximum atomic E-state index is 13.5. The van der Waals surface area contributed by atoms with Crippen LogP contribution in [-0.4, -0.2) is 23.2 Å². The highest BCUT2D eigenvalue weighted by molar-refractivity contribution is 5.82. The van der Waals surface area contributed by atoms with Crippen LogP contribution in [-0.2, 0) is 6.54 Å². The first kappa shape index (κ1) is 17.4. The number of aromatic nitrogens is 1. The van der Waals surface area contributed by atoms with Crippen LogP contribution in [0, 0.1) is 5.82 Å². The molecule has 5 heteroatoms. The number of nitrogens with one attached hydrogen (secondary N) is 1. The van der Waals surface area contributed by atoms with Crippen molar-refractivity contribution < 1.29 is 13.9 Å². The summed E-state index contributed by atoms with van der Waals surface area (Å²) >= 11 is 0. The minimum absolute atomic E-state index is 0.110. The lowest BCUT2D eigenvalue weighted by molar-refractivity contribution is 0.292. The Morgan fingerprint density at radius 2 is 1.74 bits per heavy atom. The van der Waals surface area contributed by atoms with E-state index < -0.39 is 0 Å². The van der Waals surface area contributed by atoms with E-state index >= 15 is 0 Å². The second-order valence-electron chi connectivity index (χ2n) is 6.31. The van der Waals surface area contributed by atoms with E-state index in [0.717, 1.165) is 27.8 Å². The molecule has 0 aliphatic heterocycles. The van der Waals surface area contributed by atoms with Crippen molar-refractivity contribution in [2.75, 3.05) is 13.2 Å². The van der Waals surface area contributed by atoms with Gasteiger partial charge in [-0.05, 0) is 53.1 Å². The highest BCUT2D eigenvalue weighted by Crippen LogP contribution is 2.29. The Morgan fingerprint density at radius 1 is 0.926 bits per heavy atom. The summed E-state index contributed by atoms with van der Waals surface area (Å²) in [6.45, 7) is 1.33. The second-order valence-corrected chi connectivity index (χ2v) is 6.31. The molecule has 0 spiro atoms. The Morgan fingerprint density at radius 3 is 2.59 bits per heavy atom. The third-order valence-corrected chi connectivity index (χ3v) is 4.34. The predicted molar refractivity (Wildman–Crippen MR) is 104 cm³/mol. The van der Waals surface area contributed by atoms with Gasteiger partial charge in [0.15, 0.2) is 5.58 Å². The summed E-state index contributed by atoms with van der Waals surface area (Å²) in [4.78, 5) is 4.57. The van der Waals surface area contributed by atoms with E-state index in [1.807, 2.05) is 48.5 Å². The van der Waals surface area contributed by atoms with Crippen LogP contribution in [0.3, 0.4) is 0 Å². The smallest absolute Gasteiger partial charge is 0.227 e. The highest BCUT2D eigenvalue weighted by Gasteiger charge is 2.10. The lowest BCUT2D eigenvalue weighted by Crippen LogP contribution is -2.17. The van der Waals surface area contributed by atoms with Gasteiger partial charge in [0.1, 0.15) is 11.3 Å². The molecule has 0 bridgehead atoms. The van der Waals surface area contributed by atoms with E-state index in [0.29, 0.717) is 24.6 Å². The zero-order valence-electron chi connectivity index (χ0n) is 14.7. The minimum atomic E-state index is -0.266. The largest absolute Gasteiger partial charge is 0.436 e. The van der Waals surface area contributed by atoms with Gasteiger partial charge in [-0.3, -0.25) is 0 Å². The van der Waals surface area contributed by atoms with Crippen LogP contribution in [0.5, 0.6) is 0 Å². The minimum Gasteiger partial charge on any atom is -0.436 e. The third-order valence-electron chi connectivity index (χ3n) is 4.34. The van der Waals surface area contributed by atoms with Crippen LogP contribution in [0.2, 0.25) is 0 Å². The Kier molecular flexibility index (Phi) is 4.96. The molecule has 0 radical (unpaired) electrons. The van der Waals surface area contributed by atoms with Gasteiger partial charge in [0.05, 0.1) is 6.61 Å². The van der Waals surface area contributed by atoms with Gasteiger partial charge in [-0.25, -0.2) is 9.37 Å². The first-order valence-corrected chi connectivity index (χ1v) is 8.80. The van der Waals surface area contributed by atoms with Crippen molar-refractivity contribution >= 4 is 11.1 Å². The zero-order valence-corrected chi connectivity index (χ0v) is 14.7. The van der Waals surface area contributed by atoms with Crippen molar-refractivity contribution in [2.45, 2.75) is 6.54 Å². The normalized spacial score (nSPS) is 11.2. The van der Waals surface area contributed by atoms with Crippen LogP contribution in [0.1, 0.15) is 5.56 Å². The van der Waals surface area contributed by atoms with Crippen molar-refractivity contribution in [1.82, 2.24) is 10.3 Å². The fourth-order valence-electron chi connectivity index (χ4n) is 3.02.